The Hall–Kier alpha value is -2.29. The van der Waals surface area contributed by atoms with Gasteiger partial charge in [0.2, 0.25) is 0 Å². The third-order valence-corrected chi connectivity index (χ3v) is 5.97. The second-order valence-corrected chi connectivity index (χ2v) is 7.82. The van der Waals surface area contributed by atoms with Gasteiger partial charge in [-0.05, 0) is 87.0 Å². The highest BCUT2D eigenvalue weighted by Crippen LogP contribution is 2.36. The second kappa shape index (κ2) is 9.27. The molecule has 0 heterocycles. The number of carbonyl (C=O) groups is 1. The van der Waals surface area contributed by atoms with Crippen molar-refractivity contribution in [2.24, 2.45) is 11.8 Å². The summed E-state index contributed by atoms with van der Waals surface area (Å²) in [5.74, 6) is -2.63. The molecule has 1 aromatic carbocycles. The van der Waals surface area contributed by atoms with E-state index in [1.165, 1.54) is 18.2 Å². The summed E-state index contributed by atoms with van der Waals surface area (Å²) in [4.78, 5) is 12.4. The lowest BCUT2D eigenvalue weighted by molar-refractivity contribution is -0.157. The minimum absolute atomic E-state index is 0.00948. The summed E-state index contributed by atoms with van der Waals surface area (Å²) >= 11 is 0. The van der Waals surface area contributed by atoms with Crippen molar-refractivity contribution >= 4 is 5.97 Å². The highest BCUT2D eigenvalue weighted by Gasteiger charge is 2.31. The number of hydrogen-bond acceptors (Lipinski definition) is 3. The van der Waals surface area contributed by atoms with Crippen LogP contribution in [0.25, 0.3) is 0 Å². The Labute approximate surface area is 163 Å². The molecule has 28 heavy (non-hydrogen) atoms. The van der Waals surface area contributed by atoms with E-state index in [0.717, 1.165) is 24.5 Å². The molecule has 0 aromatic heterocycles. The lowest BCUT2D eigenvalue weighted by Gasteiger charge is -2.31. The zero-order chi connectivity index (χ0) is 20.1. The van der Waals surface area contributed by atoms with Crippen LogP contribution in [0.2, 0.25) is 0 Å². The minimum atomic E-state index is -0.841. The van der Waals surface area contributed by atoms with Gasteiger partial charge < -0.3 is 4.74 Å². The normalized spacial score (nSPS) is 28.4. The van der Waals surface area contributed by atoms with Gasteiger partial charge in [-0.25, -0.2) is 8.78 Å². The first-order valence-corrected chi connectivity index (χ1v) is 9.89. The maximum atomic E-state index is 13.4. The lowest BCUT2D eigenvalue weighted by Crippen LogP contribution is -2.29. The largest absolute Gasteiger partial charge is 0.462 e. The zero-order valence-electron chi connectivity index (χ0n) is 15.7. The van der Waals surface area contributed by atoms with Crippen LogP contribution in [0.5, 0.6) is 0 Å². The molecule has 0 spiro atoms. The predicted octanol–water partition coefficient (Wildman–Crippen LogP) is 5.72. The summed E-state index contributed by atoms with van der Waals surface area (Å²) in [5.41, 5.74) is 0.791. The fourth-order valence-corrected chi connectivity index (χ4v) is 4.31. The molecule has 0 amide bonds. The van der Waals surface area contributed by atoms with Crippen LogP contribution in [0.3, 0.4) is 0 Å². The van der Waals surface area contributed by atoms with Crippen LogP contribution in [-0.4, -0.2) is 12.1 Å². The maximum absolute atomic E-state index is 13.4. The Morgan fingerprint density at radius 2 is 1.71 bits per heavy atom. The van der Waals surface area contributed by atoms with Gasteiger partial charge in [-0.1, -0.05) is 6.07 Å². The molecule has 2 saturated carbocycles. The summed E-state index contributed by atoms with van der Waals surface area (Å²) in [6, 6.07) is 5.52. The predicted molar refractivity (Wildman–Crippen MR) is 97.7 cm³/mol. The van der Waals surface area contributed by atoms with Crippen molar-refractivity contribution < 1.29 is 22.7 Å². The SMILES string of the molecule is N#C/C(F)=C\C1CCC(C(=O)OC2CCC(c3ccc(F)c(F)c3)CC2)CC1. The molecule has 0 unspecified atom stereocenters. The molecule has 0 N–H and O–H groups in total. The molecule has 0 atom stereocenters. The van der Waals surface area contributed by atoms with Gasteiger partial charge in [0.25, 0.3) is 0 Å². The number of nitrogens with zero attached hydrogens (tertiary/aromatic N) is 1. The molecule has 0 saturated heterocycles. The topological polar surface area (TPSA) is 50.1 Å². The summed E-state index contributed by atoms with van der Waals surface area (Å²) in [7, 11) is 0. The van der Waals surface area contributed by atoms with Crippen molar-refractivity contribution in [1.29, 1.82) is 5.26 Å². The number of hydrogen-bond donors (Lipinski definition) is 0. The van der Waals surface area contributed by atoms with Crippen molar-refractivity contribution in [3.05, 3.63) is 47.3 Å². The molecule has 3 nitrogen and oxygen atoms in total. The van der Waals surface area contributed by atoms with Crippen molar-refractivity contribution in [3.63, 3.8) is 0 Å². The Morgan fingerprint density at radius 3 is 2.32 bits per heavy atom. The van der Waals surface area contributed by atoms with Crippen molar-refractivity contribution in [2.75, 3.05) is 0 Å². The summed E-state index contributed by atoms with van der Waals surface area (Å²) in [6.07, 6.45) is 6.81. The molecule has 1 aromatic rings. The number of nitriles is 1. The fourth-order valence-electron chi connectivity index (χ4n) is 4.31. The van der Waals surface area contributed by atoms with E-state index in [1.807, 2.05) is 0 Å². The van der Waals surface area contributed by atoms with Crippen LogP contribution in [0.15, 0.2) is 30.1 Å². The molecule has 2 aliphatic carbocycles. The standard InChI is InChI=1S/C22H24F3NO2/c23-18(13-26)11-14-1-3-16(4-2-14)22(27)28-19-8-5-15(6-9-19)17-7-10-20(24)21(25)12-17/h7,10-12,14-16,19H,1-6,8-9H2/b18-11+. The molecule has 2 aliphatic rings. The Bertz CT molecular complexity index is 770. The average molecular weight is 391 g/mol. The van der Waals surface area contributed by atoms with E-state index in [1.54, 1.807) is 6.07 Å². The summed E-state index contributed by atoms with van der Waals surface area (Å²) in [5, 5.41) is 8.50. The van der Waals surface area contributed by atoms with Gasteiger partial charge in [0, 0.05) is 0 Å². The monoisotopic (exact) mass is 391 g/mol. The van der Waals surface area contributed by atoms with Crippen molar-refractivity contribution in [1.82, 2.24) is 0 Å². The minimum Gasteiger partial charge on any atom is -0.462 e. The Balaban J connectivity index is 1.44. The molecule has 150 valence electrons. The average Bonchev–Trinajstić information content (AvgIpc) is 2.71. The van der Waals surface area contributed by atoms with E-state index in [0.29, 0.717) is 38.5 Å². The number of rotatable bonds is 4. The van der Waals surface area contributed by atoms with E-state index in [4.69, 9.17) is 10.00 Å². The molecular formula is C22H24F3NO2. The molecule has 2 fully saturated rings. The van der Waals surface area contributed by atoms with Gasteiger partial charge in [-0.2, -0.15) is 9.65 Å². The first kappa shape index (κ1) is 20.4. The molecule has 0 bridgehead atoms. The van der Waals surface area contributed by atoms with E-state index in [2.05, 4.69) is 0 Å². The van der Waals surface area contributed by atoms with E-state index >= 15 is 0 Å². The van der Waals surface area contributed by atoms with Gasteiger partial charge in [-0.15, -0.1) is 0 Å². The second-order valence-electron chi connectivity index (χ2n) is 7.82. The van der Waals surface area contributed by atoms with E-state index in [9.17, 15) is 18.0 Å². The van der Waals surface area contributed by atoms with Crippen LogP contribution in [0.4, 0.5) is 13.2 Å². The molecule has 0 aliphatic heterocycles. The highest BCUT2D eigenvalue weighted by molar-refractivity contribution is 5.72. The van der Waals surface area contributed by atoms with E-state index in [-0.39, 0.29) is 29.8 Å². The first-order valence-electron chi connectivity index (χ1n) is 9.89. The molecule has 6 heteroatoms. The van der Waals surface area contributed by atoms with Crippen LogP contribution in [-0.2, 0) is 9.53 Å². The number of halogens is 3. The van der Waals surface area contributed by atoms with Crippen LogP contribution in [0.1, 0.15) is 62.8 Å². The van der Waals surface area contributed by atoms with E-state index < -0.39 is 17.5 Å². The molecular weight excluding hydrogens is 367 g/mol. The van der Waals surface area contributed by atoms with Crippen molar-refractivity contribution in [3.8, 4) is 6.07 Å². The first-order chi connectivity index (χ1) is 13.5. The van der Waals surface area contributed by atoms with Gasteiger partial charge in [0.05, 0.1) is 5.92 Å². The maximum Gasteiger partial charge on any atom is 0.309 e. The number of benzene rings is 1. The Kier molecular flexibility index (Phi) is 6.77. The van der Waals surface area contributed by atoms with Gasteiger partial charge in [0.15, 0.2) is 17.5 Å². The number of ether oxygens (including phenoxy) is 1. The quantitative estimate of drug-likeness (QED) is 0.487. The number of esters is 1. The highest BCUT2D eigenvalue weighted by atomic mass is 19.2. The molecule has 0 radical (unpaired) electrons. The summed E-state index contributed by atoms with van der Waals surface area (Å²) < 4.78 is 45.2. The third kappa shape index (κ3) is 5.15. The van der Waals surface area contributed by atoms with Crippen molar-refractivity contribution in [2.45, 2.75) is 63.4 Å². The lowest BCUT2D eigenvalue weighted by atomic mass is 9.81. The van der Waals surface area contributed by atoms with Crippen LogP contribution >= 0.6 is 0 Å². The Morgan fingerprint density at radius 1 is 1.04 bits per heavy atom. The smallest absolute Gasteiger partial charge is 0.309 e. The number of carbonyl (C=O) groups excluding carboxylic acids is 1. The van der Waals surface area contributed by atoms with Crippen LogP contribution in [0, 0.1) is 34.8 Å². The fraction of sp³-hybridized carbons (Fsp3) is 0.545. The zero-order valence-corrected chi connectivity index (χ0v) is 15.7. The number of allylic oxidation sites excluding steroid dienone is 2. The van der Waals surface area contributed by atoms with Gasteiger partial charge in [-0.3, -0.25) is 4.79 Å². The van der Waals surface area contributed by atoms with Crippen LogP contribution < -0.4 is 0 Å². The molecule has 3 rings (SSSR count). The van der Waals surface area contributed by atoms with Gasteiger partial charge >= 0.3 is 5.97 Å². The third-order valence-electron chi connectivity index (χ3n) is 5.97. The van der Waals surface area contributed by atoms with Gasteiger partial charge in [0.1, 0.15) is 12.2 Å². The summed E-state index contributed by atoms with van der Waals surface area (Å²) in [6.45, 7) is 0.